The summed E-state index contributed by atoms with van der Waals surface area (Å²) in [5, 5.41) is 14.0. The number of nitrogens with one attached hydrogen (secondary N) is 1. The Balaban J connectivity index is 1.62. The van der Waals surface area contributed by atoms with Crippen LogP contribution in [0.15, 0.2) is 65.7 Å². The van der Waals surface area contributed by atoms with Crippen molar-refractivity contribution in [1.82, 2.24) is 4.98 Å². The van der Waals surface area contributed by atoms with Crippen molar-refractivity contribution in [3.63, 3.8) is 0 Å². The molecular weight excluding hydrogens is 296 g/mol. The highest BCUT2D eigenvalue weighted by atomic mass is 32.2. The molecule has 0 aliphatic rings. The summed E-state index contributed by atoms with van der Waals surface area (Å²) in [6.07, 6.45) is 0. The van der Waals surface area contributed by atoms with Gasteiger partial charge >= 0.3 is 0 Å². The van der Waals surface area contributed by atoms with Gasteiger partial charge in [0.1, 0.15) is 5.75 Å². The molecule has 2 aromatic carbocycles. The van der Waals surface area contributed by atoms with E-state index in [1.165, 1.54) is 17.8 Å². The molecule has 1 aromatic heterocycles. The van der Waals surface area contributed by atoms with Gasteiger partial charge in [-0.05, 0) is 24.3 Å². The van der Waals surface area contributed by atoms with Gasteiger partial charge in [-0.15, -0.1) is 0 Å². The van der Waals surface area contributed by atoms with E-state index in [9.17, 15) is 9.90 Å². The van der Waals surface area contributed by atoms with E-state index in [2.05, 4.69) is 10.3 Å². The quantitative estimate of drug-likeness (QED) is 0.722. The van der Waals surface area contributed by atoms with Crippen molar-refractivity contribution in [2.45, 2.75) is 5.03 Å². The molecule has 110 valence electrons. The van der Waals surface area contributed by atoms with E-state index < -0.39 is 0 Å². The summed E-state index contributed by atoms with van der Waals surface area (Å²) >= 11 is 1.38. The van der Waals surface area contributed by atoms with Crippen LogP contribution in [-0.4, -0.2) is 21.8 Å². The molecule has 2 N–H and O–H groups in total. The van der Waals surface area contributed by atoms with Gasteiger partial charge in [-0.3, -0.25) is 4.79 Å². The molecule has 0 unspecified atom stereocenters. The van der Waals surface area contributed by atoms with Crippen molar-refractivity contribution < 1.29 is 9.90 Å². The third-order valence-electron chi connectivity index (χ3n) is 3.05. The number of benzene rings is 2. The number of amides is 1. The summed E-state index contributed by atoms with van der Waals surface area (Å²) in [5.74, 6) is 0.258. The number of phenols is 1. The number of para-hydroxylation sites is 1. The predicted octanol–water partition coefficient (Wildman–Crippen LogP) is 3.67. The normalized spacial score (nSPS) is 10.5. The van der Waals surface area contributed by atoms with Gasteiger partial charge < -0.3 is 10.4 Å². The second-order valence-corrected chi connectivity index (χ2v) is 5.72. The summed E-state index contributed by atoms with van der Waals surface area (Å²) in [6.45, 7) is 0. The van der Waals surface area contributed by atoms with E-state index in [1.54, 1.807) is 18.2 Å². The zero-order chi connectivity index (χ0) is 15.4. The molecule has 0 spiro atoms. The van der Waals surface area contributed by atoms with Crippen LogP contribution in [0.3, 0.4) is 0 Å². The number of anilines is 1. The highest BCUT2D eigenvalue weighted by Crippen LogP contribution is 2.21. The molecule has 22 heavy (non-hydrogen) atoms. The maximum atomic E-state index is 11.9. The van der Waals surface area contributed by atoms with Crippen LogP contribution in [-0.2, 0) is 4.79 Å². The molecule has 0 atom stereocenters. The minimum atomic E-state index is -0.134. The second kappa shape index (κ2) is 6.49. The first kappa shape index (κ1) is 14.4. The number of nitrogens with zero attached hydrogens (tertiary/aromatic N) is 1. The number of phenolic OH excluding ortho intramolecular Hbond substituents is 1. The molecule has 0 saturated carbocycles. The lowest BCUT2D eigenvalue weighted by Gasteiger charge is -2.06. The smallest absolute Gasteiger partial charge is 0.234 e. The Hall–Kier alpha value is -2.53. The third kappa shape index (κ3) is 3.56. The molecule has 0 aliphatic carbocycles. The zero-order valence-electron chi connectivity index (χ0n) is 11.7. The number of rotatable bonds is 4. The maximum Gasteiger partial charge on any atom is 0.234 e. The molecule has 3 rings (SSSR count). The number of carbonyl (C=O) groups is 1. The molecular formula is C17H14N2O2S. The van der Waals surface area contributed by atoms with Crippen molar-refractivity contribution >= 4 is 34.3 Å². The fourth-order valence-corrected chi connectivity index (χ4v) is 2.73. The molecule has 5 heteroatoms. The van der Waals surface area contributed by atoms with E-state index in [4.69, 9.17) is 0 Å². The predicted molar refractivity (Wildman–Crippen MR) is 89.2 cm³/mol. The SMILES string of the molecule is O=C(CSc1ccc2ccccc2n1)Nc1cccc(O)c1. The first-order chi connectivity index (χ1) is 10.7. The Morgan fingerprint density at radius 2 is 1.95 bits per heavy atom. The maximum absolute atomic E-state index is 11.9. The van der Waals surface area contributed by atoms with Gasteiger partial charge in [-0.1, -0.05) is 42.1 Å². The van der Waals surface area contributed by atoms with Crippen LogP contribution in [0, 0.1) is 0 Å². The lowest BCUT2D eigenvalue weighted by molar-refractivity contribution is -0.113. The largest absolute Gasteiger partial charge is 0.508 e. The van der Waals surface area contributed by atoms with E-state index in [-0.39, 0.29) is 17.4 Å². The van der Waals surface area contributed by atoms with Gasteiger partial charge in [0, 0.05) is 17.1 Å². The first-order valence-electron chi connectivity index (χ1n) is 6.78. The molecule has 0 bridgehead atoms. The highest BCUT2D eigenvalue weighted by molar-refractivity contribution is 7.99. The van der Waals surface area contributed by atoms with Gasteiger partial charge in [-0.2, -0.15) is 0 Å². The summed E-state index contributed by atoms with van der Waals surface area (Å²) in [7, 11) is 0. The first-order valence-corrected chi connectivity index (χ1v) is 7.77. The molecule has 4 nitrogen and oxygen atoms in total. The summed E-state index contributed by atoms with van der Waals surface area (Å²) < 4.78 is 0. The van der Waals surface area contributed by atoms with Crippen LogP contribution >= 0.6 is 11.8 Å². The lowest BCUT2D eigenvalue weighted by Crippen LogP contribution is -2.13. The van der Waals surface area contributed by atoms with Crippen molar-refractivity contribution in [2.24, 2.45) is 0 Å². The standard InChI is InChI=1S/C17H14N2O2S/c20-14-6-3-5-13(10-14)18-16(21)11-22-17-9-8-12-4-1-2-7-15(12)19-17/h1-10,20H,11H2,(H,18,21). The van der Waals surface area contributed by atoms with E-state index in [0.29, 0.717) is 5.69 Å². The fraction of sp³-hybridized carbons (Fsp3) is 0.0588. The van der Waals surface area contributed by atoms with Crippen LogP contribution in [0.5, 0.6) is 5.75 Å². The number of carbonyl (C=O) groups excluding carboxylic acids is 1. The van der Waals surface area contributed by atoms with Crippen LogP contribution in [0.4, 0.5) is 5.69 Å². The highest BCUT2D eigenvalue weighted by Gasteiger charge is 2.05. The average Bonchev–Trinajstić information content (AvgIpc) is 2.53. The van der Waals surface area contributed by atoms with Crippen molar-refractivity contribution in [3.8, 4) is 5.75 Å². The van der Waals surface area contributed by atoms with Crippen molar-refractivity contribution in [1.29, 1.82) is 0 Å². The average molecular weight is 310 g/mol. The van der Waals surface area contributed by atoms with Gasteiger partial charge in [0.25, 0.3) is 0 Å². The molecule has 0 radical (unpaired) electrons. The summed E-state index contributed by atoms with van der Waals surface area (Å²) in [4.78, 5) is 16.4. The summed E-state index contributed by atoms with van der Waals surface area (Å²) in [5.41, 5.74) is 1.50. The second-order valence-electron chi connectivity index (χ2n) is 4.73. The number of fused-ring (bicyclic) bond motifs is 1. The van der Waals surface area contributed by atoms with Crippen LogP contribution in [0.25, 0.3) is 10.9 Å². The van der Waals surface area contributed by atoms with Gasteiger partial charge in [0.2, 0.25) is 5.91 Å². The van der Waals surface area contributed by atoms with Gasteiger partial charge in [0.15, 0.2) is 0 Å². The van der Waals surface area contributed by atoms with Crippen LogP contribution in [0.2, 0.25) is 0 Å². The number of aromatic nitrogens is 1. The minimum Gasteiger partial charge on any atom is -0.508 e. The molecule has 1 heterocycles. The minimum absolute atomic E-state index is 0.127. The van der Waals surface area contributed by atoms with Crippen molar-refractivity contribution in [2.75, 3.05) is 11.1 Å². The number of pyridine rings is 1. The Kier molecular flexibility index (Phi) is 4.25. The lowest BCUT2D eigenvalue weighted by atomic mass is 10.2. The number of thioether (sulfide) groups is 1. The van der Waals surface area contributed by atoms with E-state index >= 15 is 0 Å². The Labute approximate surface area is 132 Å². The fourth-order valence-electron chi connectivity index (χ4n) is 2.05. The number of hydrogen-bond acceptors (Lipinski definition) is 4. The Morgan fingerprint density at radius 1 is 1.09 bits per heavy atom. The zero-order valence-corrected chi connectivity index (χ0v) is 12.5. The molecule has 3 aromatic rings. The van der Waals surface area contributed by atoms with E-state index in [1.807, 2.05) is 36.4 Å². The monoisotopic (exact) mass is 310 g/mol. The Morgan fingerprint density at radius 3 is 2.82 bits per heavy atom. The molecule has 0 saturated heterocycles. The van der Waals surface area contributed by atoms with Crippen LogP contribution in [0.1, 0.15) is 0 Å². The van der Waals surface area contributed by atoms with Gasteiger partial charge in [-0.25, -0.2) is 4.98 Å². The topological polar surface area (TPSA) is 62.2 Å². The Bertz CT molecular complexity index is 820. The third-order valence-corrected chi connectivity index (χ3v) is 3.98. The molecule has 1 amide bonds. The number of aromatic hydroxyl groups is 1. The molecule has 0 fully saturated rings. The summed E-state index contributed by atoms with van der Waals surface area (Å²) in [6, 6.07) is 18.3. The molecule has 0 aliphatic heterocycles. The van der Waals surface area contributed by atoms with E-state index in [0.717, 1.165) is 15.9 Å². The van der Waals surface area contributed by atoms with Gasteiger partial charge in [0.05, 0.1) is 16.3 Å². The van der Waals surface area contributed by atoms with Crippen molar-refractivity contribution in [3.05, 3.63) is 60.7 Å². The van der Waals surface area contributed by atoms with Crippen LogP contribution < -0.4 is 5.32 Å². The number of hydrogen-bond donors (Lipinski definition) is 2.